The largest absolute Gasteiger partial charge is 0.491 e. The van der Waals surface area contributed by atoms with E-state index in [4.69, 9.17) is 32.7 Å². The second kappa shape index (κ2) is 8.76. The molecule has 130 valence electrons. The Hall–Kier alpha value is -1.21. The Bertz CT molecular complexity index is 655. The van der Waals surface area contributed by atoms with Crippen molar-refractivity contribution in [1.82, 2.24) is 4.90 Å². The monoisotopic (exact) mass is 389 g/mol. The highest BCUT2D eigenvalue weighted by Gasteiger charge is 2.34. The van der Waals surface area contributed by atoms with Crippen LogP contribution >= 0.6 is 35.0 Å². The van der Waals surface area contributed by atoms with Crippen LogP contribution in [0.25, 0.3) is 6.08 Å². The summed E-state index contributed by atoms with van der Waals surface area (Å²) in [5.74, 6) is 0.0906. The van der Waals surface area contributed by atoms with Gasteiger partial charge in [0.25, 0.3) is 11.1 Å². The average molecular weight is 390 g/mol. The first-order chi connectivity index (χ1) is 11.5. The van der Waals surface area contributed by atoms with E-state index in [1.54, 1.807) is 25.3 Å². The fourth-order valence-corrected chi connectivity index (χ4v) is 3.63. The predicted molar refractivity (Wildman–Crippen MR) is 96.8 cm³/mol. The zero-order valence-electron chi connectivity index (χ0n) is 13.3. The first kappa shape index (κ1) is 19.1. The molecule has 24 heavy (non-hydrogen) atoms. The first-order valence-electron chi connectivity index (χ1n) is 7.34. The molecule has 1 heterocycles. The number of carbonyl (C=O) groups excluding carboxylic acids is 2. The molecule has 0 atom stereocenters. The molecular formula is C16H17Cl2NO4S. The third-order valence-electron chi connectivity index (χ3n) is 3.21. The molecule has 0 unspecified atom stereocenters. The molecule has 2 rings (SSSR count). The molecule has 0 saturated carbocycles. The lowest BCUT2D eigenvalue weighted by atomic mass is 10.2. The molecule has 2 amide bonds. The Morgan fingerprint density at radius 2 is 1.92 bits per heavy atom. The van der Waals surface area contributed by atoms with Gasteiger partial charge in [-0.25, -0.2) is 0 Å². The van der Waals surface area contributed by atoms with Crippen LogP contribution in [0.4, 0.5) is 4.79 Å². The SMILES string of the molecule is CCOc1c(Cl)cc(/C=C2/SC(=O)N(CCCOC)C2=O)cc1Cl. The minimum atomic E-state index is -0.317. The van der Waals surface area contributed by atoms with Gasteiger partial charge >= 0.3 is 0 Å². The Morgan fingerprint density at radius 1 is 1.25 bits per heavy atom. The molecule has 8 heteroatoms. The lowest BCUT2D eigenvalue weighted by Gasteiger charge is -2.11. The quantitative estimate of drug-likeness (QED) is 0.508. The maximum atomic E-state index is 12.3. The molecule has 0 bridgehead atoms. The van der Waals surface area contributed by atoms with Crippen molar-refractivity contribution < 1.29 is 19.1 Å². The summed E-state index contributed by atoms with van der Waals surface area (Å²) in [6.07, 6.45) is 2.21. The number of imide groups is 1. The minimum Gasteiger partial charge on any atom is -0.491 e. The lowest BCUT2D eigenvalue weighted by molar-refractivity contribution is -0.122. The molecule has 0 N–H and O–H groups in total. The van der Waals surface area contributed by atoms with Gasteiger partial charge in [0.1, 0.15) is 0 Å². The molecule has 1 fully saturated rings. The van der Waals surface area contributed by atoms with Crippen LogP contribution in [0.3, 0.4) is 0 Å². The van der Waals surface area contributed by atoms with E-state index in [0.29, 0.717) is 52.4 Å². The number of nitrogens with zero attached hydrogens (tertiary/aromatic N) is 1. The molecule has 0 radical (unpaired) electrons. The van der Waals surface area contributed by atoms with Gasteiger partial charge in [-0.3, -0.25) is 14.5 Å². The van der Waals surface area contributed by atoms with E-state index >= 15 is 0 Å². The Kier molecular flexibility index (Phi) is 6.98. The van der Waals surface area contributed by atoms with Crippen molar-refractivity contribution in [3.05, 3.63) is 32.6 Å². The van der Waals surface area contributed by atoms with E-state index < -0.39 is 0 Å². The number of amides is 2. The molecule has 0 aliphatic carbocycles. The lowest BCUT2D eigenvalue weighted by Crippen LogP contribution is -2.29. The molecule has 1 saturated heterocycles. The third-order valence-corrected chi connectivity index (χ3v) is 4.68. The molecule has 1 aromatic carbocycles. The molecule has 1 aliphatic heterocycles. The van der Waals surface area contributed by atoms with E-state index in [-0.39, 0.29) is 11.1 Å². The number of benzene rings is 1. The molecule has 0 spiro atoms. The predicted octanol–water partition coefficient (Wildman–Crippen LogP) is 4.46. The van der Waals surface area contributed by atoms with Crippen molar-refractivity contribution >= 4 is 52.2 Å². The maximum absolute atomic E-state index is 12.3. The van der Waals surface area contributed by atoms with Crippen LogP contribution in [0.2, 0.25) is 10.0 Å². The standard InChI is InChI=1S/C16H17Cl2NO4S/c1-3-23-14-11(17)7-10(8-12(14)18)9-13-15(20)19(16(21)24-13)5-4-6-22-2/h7-9H,3-6H2,1-2H3/b13-9+. The van der Waals surface area contributed by atoms with Gasteiger partial charge in [0.2, 0.25) is 0 Å². The number of carbonyl (C=O) groups is 2. The first-order valence-corrected chi connectivity index (χ1v) is 8.91. The van der Waals surface area contributed by atoms with E-state index in [2.05, 4.69) is 0 Å². The Morgan fingerprint density at radius 3 is 2.50 bits per heavy atom. The fraction of sp³-hybridized carbons (Fsp3) is 0.375. The number of halogens is 2. The van der Waals surface area contributed by atoms with Crippen LogP contribution in [-0.4, -0.2) is 42.9 Å². The number of ether oxygens (including phenoxy) is 2. The molecule has 1 aromatic rings. The molecule has 0 aromatic heterocycles. The van der Waals surface area contributed by atoms with Crippen LogP contribution in [0, 0.1) is 0 Å². The summed E-state index contributed by atoms with van der Waals surface area (Å²) in [4.78, 5) is 25.9. The summed E-state index contributed by atoms with van der Waals surface area (Å²) in [6.45, 7) is 3.10. The van der Waals surface area contributed by atoms with Gasteiger partial charge in [-0.05, 0) is 48.9 Å². The summed E-state index contributed by atoms with van der Waals surface area (Å²) in [6, 6.07) is 3.30. The van der Waals surface area contributed by atoms with Crippen LogP contribution < -0.4 is 4.74 Å². The average Bonchev–Trinajstić information content (AvgIpc) is 2.78. The van der Waals surface area contributed by atoms with Gasteiger partial charge in [-0.2, -0.15) is 0 Å². The highest BCUT2D eigenvalue weighted by atomic mass is 35.5. The second-order valence-corrected chi connectivity index (χ2v) is 6.73. The number of hydrogen-bond donors (Lipinski definition) is 0. The zero-order chi connectivity index (χ0) is 17.7. The van der Waals surface area contributed by atoms with Crippen molar-refractivity contribution in [2.45, 2.75) is 13.3 Å². The summed E-state index contributed by atoms with van der Waals surface area (Å²) in [7, 11) is 1.58. The van der Waals surface area contributed by atoms with E-state index in [1.807, 2.05) is 6.92 Å². The van der Waals surface area contributed by atoms with Crippen LogP contribution in [0.5, 0.6) is 5.75 Å². The van der Waals surface area contributed by atoms with Gasteiger partial charge in [-0.1, -0.05) is 23.2 Å². The van der Waals surface area contributed by atoms with Gasteiger partial charge < -0.3 is 9.47 Å². The molecule has 1 aliphatic rings. The van der Waals surface area contributed by atoms with Crippen LogP contribution in [-0.2, 0) is 9.53 Å². The summed E-state index contributed by atoms with van der Waals surface area (Å²) < 4.78 is 10.3. The minimum absolute atomic E-state index is 0.287. The van der Waals surface area contributed by atoms with Crippen LogP contribution in [0.1, 0.15) is 18.9 Å². The van der Waals surface area contributed by atoms with Crippen molar-refractivity contribution in [1.29, 1.82) is 0 Å². The van der Waals surface area contributed by atoms with E-state index in [1.165, 1.54) is 4.90 Å². The van der Waals surface area contributed by atoms with Crippen molar-refractivity contribution in [3.8, 4) is 5.75 Å². The highest BCUT2D eigenvalue weighted by molar-refractivity contribution is 8.18. The Labute approximate surface area is 154 Å². The van der Waals surface area contributed by atoms with E-state index in [0.717, 1.165) is 11.8 Å². The van der Waals surface area contributed by atoms with Crippen molar-refractivity contribution in [2.24, 2.45) is 0 Å². The molecular weight excluding hydrogens is 373 g/mol. The Balaban J connectivity index is 2.19. The number of methoxy groups -OCH3 is 1. The topological polar surface area (TPSA) is 55.8 Å². The summed E-state index contributed by atoms with van der Waals surface area (Å²) in [5, 5.41) is 0.426. The van der Waals surface area contributed by atoms with Gasteiger partial charge in [0.15, 0.2) is 5.75 Å². The number of hydrogen-bond acceptors (Lipinski definition) is 5. The van der Waals surface area contributed by atoms with Crippen molar-refractivity contribution in [3.63, 3.8) is 0 Å². The second-order valence-electron chi connectivity index (χ2n) is 4.93. The van der Waals surface area contributed by atoms with Gasteiger partial charge in [-0.15, -0.1) is 0 Å². The zero-order valence-corrected chi connectivity index (χ0v) is 15.6. The van der Waals surface area contributed by atoms with Crippen molar-refractivity contribution in [2.75, 3.05) is 26.9 Å². The van der Waals surface area contributed by atoms with Crippen LogP contribution in [0.15, 0.2) is 17.0 Å². The number of rotatable bonds is 7. The summed E-state index contributed by atoms with van der Waals surface area (Å²) >= 11 is 13.2. The summed E-state index contributed by atoms with van der Waals surface area (Å²) in [5.41, 5.74) is 0.635. The fourth-order valence-electron chi connectivity index (χ4n) is 2.16. The maximum Gasteiger partial charge on any atom is 0.293 e. The number of thioether (sulfide) groups is 1. The smallest absolute Gasteiger partial charge is 0.293 e. The van der Waals surface area contributed by atoms with Gasteiger partial charge in [0.05, 0.1) is 21.6 Å². The van der Waals surface area contributed by atoms with Gasteiger partial charge in [0, 0.05) is 20.3 Å². The third kappa shape index (κ3) is 4.45. The molecule has 5 nitrogen and oxygen atoms in total. The normalized spacial score (nSPS) is 16.3. The highest BCUT2D eigenvalue weighted by Crippen LogP contribution is 2.37. The van der Waals surface area contributed by atoms with E-state index in [9.17, 15) is 9.59 Å².